The van der Waals surface area contributed by atoms with Crippen molar-refractivity contribution in [3.8, 4) is 0 Å². The van der Waals surface area contributed by atoms with Gasteiger partial charge in [0.2, 0.25) is 0 Å². The van der Waals surface area contributed by atoms with E-state index in [0.29, 0.717) is 5.56 Å². The van der Waals surface area contributed by atoms with Gasteiger partial charge in [0.1, 0.15) is 11.5 Å². The molecule has 0 unspecified atom stereocenters. The number of rotatable bonds is 6. The van der Waals surface area contributed by atoms with E-state index in [1.54, 1.807) is 6.07 Å². The number of anilines is 1. The lowest BCUT2D eigenvalue weighted by atomic mass is 10.1. The SMILES string of the molecule is O=C(COC(=O)Cc1cccc(F)c1)Nc1ccccc1[N+](=O)[O-]. The summed E-state index contributed by atoms with van der Waals surface area (Å²) in [6, 6.07) is 11.0. The lowest BCUT2D eigenvalue weighted by Crippen LogP contribution is -2.22. The maximum Gasteiger partial charge on any atom is 0.310 e. The molecule has 0 aliphatic heterocycles. The molecule has 2 aromatic rings. The fourth-order valence-corrected chi connectivity index (χ4v) is 1.94. The Balaban J connectivity index is 1.87. The van der Waals surface area contributed by atoms with Gasteiger partial charge in [0.05, 0.1) is 11.3 Å². The standard InChI is InChI=1S/C16H13FN2O5/c17-12-5-3-4-11(8-12)9-16(21)24-10-15(20)18-13-6-1-2-7-14(13)19(22)23/h1-8H,9-10H2,(H,18,20). The Morgan fingerprint density at radius 1 is 1.17 bits per heavy atom. The van der Waals surface area contributed by atoms with E-state index in [-0.39, 0.29) is 17.8 Å². The first-order chi connectivity index (χ1) is 11.5. The zero-order valence-electron chi connectivity index (χ0n) is 12.4. The molecule has 1 amide bonds. The van der Waals surface area contributed by atoms with Gasteiger partial charge in [0.15, 0.2) is 6.61 Å². The molecular formula is C16H13FN2O5. The summed E-state index contributed by atoms with van der Waals surface area (Å²) in [6.07, 6.45) is -0.184. The van der Waals surface area contributed by atoms with Crippen molar-refractivity contribution in [2.24, 2.45) is 0 Å². The molecule has 0 bridgehead atoms. The van der Waals surface area contributed by atoms with Gasteiger partial charge in [-0.25, -0.2) is 4.39 Å². The van der Waals surface area contributed by atoms with E-state index in [4.69, 9.17) is 4.74 Å². The molecule has 0 heterocycles. The second-order valence-corrected chi connectivity index (χ2v) is 4.79. The number of carbonyl (C=O) groups excluding carboxylic acids is 2. The molecule has 0 aromatic heterocycles. The third-order valence-corrected chi connectivity index (χ3v) is 2.98. The van der Waals surface area contributed by atoms with E-state index in [9.17, 15) is 24.1 Å². The summed E-state index contributed by atoms with van der Waals surface area (Å²) in [5.41, 5.74) is 0.157. The van der Waals surface area contributed by atoms with Crippen molar-refractivity contribution in [1.29, 1.82) is 0 Å². The van der Waals surface area contributed by atoms with E-state index in [1.165, 1.54) is 42.5 Å². The largest absolute Gasteiger partial charge is 0.455 e. The Kier molecular flexibility index (Phi) is 5.56. The first-order valence-corrected chi connectivity index (χ1v) is 6.89. The average molecular weight is 332 g/mol. The first-order valence-electron chi connectivity index (χ1n) is 6.89. The summed E-state index contributed by atoms with van der Waals surface area (Å²) in [6.45, 7) is -0.597. The number of hydrogen-bond donors (Lipinski definition) is 1. The van der Waals surface area contributed by atoms with Gasteiger partial charge in [0.25, 0.3) is 11.6 Å². The zero-order chi connectivity index (χ0) is 17.5. The van der Waals surface area contributed by atoms with Gasteiger partial charge >= 0.3 is 5.97 Å². The summed E-state index contributed by atoms with van der Waals surface area (Å²) in [5, 5.41) is 13.1. The number of para-hydroxylation sites is 2. The number of carbonyl (C=O) groups is 2. The van der Waals surface area contributed by atoms with Crippen molar-refractivity contribution in [1.82, 2.24) is 0 Å². The molecule has 0 atom stereocenters. The van der Waals surface area contributed by atoms with Crippen LogP contribution in [0.4, 0.5) is 15.8 Å². The summed E-state index contributed by atoms with van der Waals surface area (Å²) < 4.78 is 17.8. The number of benzene rings is 2. The first kappa shape index (κ1) is 17.1. The summed E-state index contributed by atoms with van der Waals surface area (Å²) >= 11 is 0. The molecular weight excluding hydrogens is 319 g/mol. The van der Waals surface area contributed by atoms with Crippen molar-refractivity contribution in [2.75, 3.05) is 11.9 Å². The molecule has 1 N–H and O–H groups in total. The normalized spacial score (nSPS) is 10.0. The number of hydrogen-bond acceptors (Lipinski definition) is 5. The van der Waals surface area contributed by atoms with E-state index < -0.39 is 29.2 Å². The Labute approximate surface area is 136 Å². The highest BCUT2D eigenvalue weighted by Gasteiger charge is 2.15. The Hall–Kier alpha value is -3.29. The quantitative estimate of drug-likeness (QED) is 0.498. The molecule has 0 aliphatic rings. The number of nitro benzene ring substituents is 1. The number of halogens is 1. The summed E-state index contributed by atoms with van der Waals surface area (Å²) in [4.78, 5) is 33.6. The van der Waals surface area contributed by atoms with Gasteiger partial charge in [0, 0.05) is 6.07 Å². The van der Waals surface area contributed by atoms with Crippen LogP contribution in [0.25, 0.3) is 0 Å². The van der Waals surface area contributed by atoms with Crippen LogP contribution in [0, 0.1) is 15.9 Å². The van der Waals surface area contributed by atoms with Crippen LogP contribution in [0.15, 0.2) is 48.5 Å². The van der Waals surface area contributed by atoms with Gasteiger partial charge in [-0.05, 0) is 23.8 Å². The molecule has 2 aromatic carbocycles. The topological polar surface area (TPSA) is 98.5 Å². The Morgan fingerprint density at radius 3 is 2.62 bits per heavy atom. The van der Waals surface area contributed by atoms with E-state index in [2.05, 4.69) is 5.32 Å². The van der Waals surface area contributed by atoms with Gasteiger partial charge in [-0.1, -0.05) is 24.3 Å². The van der Waals surface area contributed by atoms with E-state index in [0.717, 1.165) is 0 Å². The number of nitro groups is 1. The van der Waals surface area contributed by atoms with Crippen LogP contribution in [0.5, 0.6) is 0 Å². The highest BCUT2D eigenvalue weighted by atomic mass is 19.1. The highest BCUT2D eigenvalue weighted by molar-refractivity contribution is 5.94. The maximum atomic E-state index is 13.0. The second-order valence-electron chi connectivity index (χ2n) is 4.79. The summed E-state index contributed by atoms with van der Waals surface area (Å²) in [5.74, 6) is -1.90. The van der Waals surface area contributed by atoms with Gasteiger partial charge in [-0.15, -0.1) is 0 Å². The van der Waals surface area contributed by atoms with Crippen molar-refractivity contribution >= 4 is 23.3 Å². The predicted molar refractivity (Wildman–Crippen MR) is 82.8 cm³/mol. The molecule has 8 heteroatoms. The van der Waals surface area contributed by atoms with Gasteiger partial charge in [-0.2, -0.15) is 0 Å². The highest BCUT2D eigenvalue weighted by Crippen LogP contribution is 2.22. The molecule has 0 saturated carbocycles. The molecule has 0 spiro atoms. The van der Waals surface area contributed by atoms with Crippen LogP contribution in [0.2, 0.25) is 0 Å². The molecule has 2 rings (SSSR count). The molecule has 0 aliphatic carbocycles. The number of nitrogens with zero attached hydrogens (tertiary/aromatic N) is 1. The van der Waals surface area contributed by atoms with Crippen LogP contribution in [0.3, 0.4) is 0 Å². The van der Waals surface area contributed by atoms with Crippen LogP contribution in [-0.2, 0) is 20.7 Å². The van der Waals surface area contributed by atoms with Crippen molar-refractivity contribution in [3.05, 3.63) is 70.0 Å². The minimum atomic E-state index is -0.711. The third-order valence-electron chi connectivity index (χ3n) is 2.98. The van der Waals surface area contributed by atoms with Crippen molar-refractivity contribution in [3.63, 3.8) is 0 Å². The lowest BCUT2D eigenvalue weighted by Gasteiger charge is -2.07. The van der Waals surface area contributed by atoms with Crippen molar-refractivity contribution < 1.29 is 23.6 Å². The monoisotopic (exact) mass is 332 g/mol. The fourth-order valence-electron chi connectivity index (χ4n) is 1.94. The minimum absolute atomic E-state index is 0.00804. The number of amides is 1. The number of nitrogens with one attached hydrogen (secondary N) is 1. The second kappa shape index (κ2) is 7.82. The molecule has 24 heavy (non-hydrogen) atoms. The Bertz CT molecular complexity index is 779. The van der Waals surface area contributed by atoms with E-state index >= 15 is 0 Å². The zero-order valence-corrected chi connectivity index (χ0v) is 12.4. The number of ether oxygens (including phenoxy) is 1. The van der Waals surface area contributed by atoms with E-state index in [1.807, 2.05) is 0 Å². The van der Waals surface area contributed by atoms with Crippen LogP contribution in [0.1, 0.15) is 5.56 Å². The van der Waals surface area contributed by atoms with Crippen LogP contribution < -0.4 is 5.32 Å². The smallest absolute Gasteiger partial charge is 0.310 e. The van der Waals surface area contributed by atoms with Crippen molar-refractivity contribution in [2.45, 2.75) is 6.42 Å². The molecule has 7 nitrogen and oxygen atoms in total. The molecule has 0 radical (unpaired) electrons. The van der Waals surface area contributed by atoms with Gasteiger partial charge in [-0.3, -0.25) is 19.7 Å². The molecule has 0 fully saturated rings. The molecule has 0 saturated heterocycles. The van der Waals surface area contributed by atoms with Gasteiger partial charge < -0.3 is 10.1 Å². The lowest BCUT2D eigenvalue weighted by molar-refractivity contribution is -0.383. The average Bonchev–Trinajstić information content (AvgIpc) is 2.53. The maximum absolute atomic E-state index is 13.0. The third kappa shape index (κ3) is 4.87. The Morgan fingerprint density at radius 2 is 1.92 bits per heavy atom. The van der Waals surface area contributed by atoms with Crippen LogP contribution in [-0.4, -0.2) is 23.4 Å². The minimum Gasteiger partial charge on any atom is -0.455 e. The fraction of sp³-hybridized carbons (Fsp3) is 0.125. The summed E-state index contributed by atoms with van der Waals surface area (Å²) in [7, 11) is 0. The van der Waals surface area contributed by atoms with Crippen LogP contribution >= 0.6 is 0 Å². The number of esters is 1. The predicted octanol–water partition coefficient (Wildman–Crippen LogP) is 2.46. The molecule has 124 valence electrons.